The highest BCUT2D eigenvalue weighted by Gasteiger charge is 2.25. The van der Waals surface area contributed by atoms with Gasteiger partial charge in [-0.3, -0.25) is 19.7 Å². The van der Waals surface area contributed by atoms with Gasteiger partial charge in [-0.1, -0.05) is 0 Å². The molecule has 21 heavy (non-hydrogen) atoms. The lowest BCUT2D eigenvalue weighted by Crippen LogP contribution is -2.53. The summed E-state index contributed by atoms with van der Waals surface area (Å²) in [6, 6.07) is 0. The summed E-state index contributed by atoms with van der Waals surface area (Å²) in [5, 5.41) is 4.66. The Hall–Kier alpha value is -2.12. The number of piperazine rings is 1. The lowest BCUT2D eigenvalue weighted by Gasteiger charge is -2.25. The lowest BCUT2D eigenvalue weighted by molar-refractivity contribution is -0.145. The maximum atomic E-state index is 11.8. The highest BCUT2D eigenvalue weighted by atomic mass is 16.6. The largest absolute Gasteiger partial charge is 0.444 e. The van der Waals surface area contributed by atoms with Crippen LogP contribution in [0.25, 0.3) is 0 Å². The van der Waals surface area contributed by atoms with E-state index in [2.05, 4.69) is 10.6 Å². The molecule has 0 aromatic rings. The summed E-state index contributed by atoms with van der Waals surface area (Å²) in [6.45, 7) is 5.35. The maximum Gasteiger partial charge on any atom is 0.407 e. The maximum absolute atomic E-state index is 11.8. The van der Waals surface area contributed by atoms with Gasteiger partial charge in [0, 0.05) is 13.0 Å². The van der Waals surface area contributed by atoms with Gasteiger partial charge in [0.15, 0.2) is 0 Å². The molecule has 1 saturated heterocycles. The number of rotatable bonds is 4. The van der Waals surface area contributed by atoms with Crippen molar-refractivity contribution in [2.45, 2.75) is 39.2 Å². The smallest absolute Gasteiger partial charge is 0.407 e. The summed E-state index contributed by atoms with van der Waals surface area (Å²) in [7, 11) is 0. The van der Waals surface area contributed by atoms with E-state index in [1.165, 1.54) is 4.90 Å². The van der Waals surface area contributed by atoms with Crippen LogP contribution >= 0.6 is 0 Å². The van der Waals surface area contributed by atoms with E-state index in [4.69, 9.17) is 4.74 Å². The molecule has 118 valence electrons. The molecule has 0 radical (unpaired) electrons. The van der Waals surface area contributed by atoms with Gasteiger partial charge >= 0.3 is 6.09 Å². The number of ether oxygens (including phenoxy) is 1. The van der Waals surface area contributed by atoms with Crippen LogP contribution in [0.3, 0.4) is 0 Å². The van der Waals surface area contributed by atoms with Gasteiger partial charge in [0.1, 0.15) is 18.7 Å². The van der Waals surface area contributed by atoms with E-state index in [1.807, 2.05) is 0 Å². The molecule has 0 bridgehead atoms. The van der Waals surface area contributed by atoms with E-state index in [0.717, 1.165) is 0 Å². The minimum absolute atomic E-state index is 0.107. The Balaban J connectivity index is 2.23. The molecule has 1 fully saturated rings. The molecule has 0 aromatic heterocycles. The molecular formula is C13H21N3O5. The van der Waals surface area contributed by atoms with Crippen molar-refractivity contribution in [2.75, 3.05) is 19.6 Å². The second-order valence-electron chi connectivity index (χ2n) is 5.75. The number of carbonyl (C=O) groups excluding carboxylic acids is 4. The number of amides is 4. The van der Waals surface area contributed by atoms with Crippen molar-refractivity contribution >= 4 is 23.8 Å². The molecule has 0 aliphatic carbocycles. The molecule has 0 atom stereocenters. The molecular weight excluding hydrogens is 278 g/mol. The van der Waals surface area contributed by atoms with Gasteiger partial charge in [-0.15, -0.1) is 0 Å². The zero-order valence-electron chi connectivity index (χ0n) is 12.5. The summed E-state index contributed by atoms with van der Waals surface area (Å²) in [6.07, 6.45) is 0.0169. The highest BCUT2D eigenvalue weighted by molar-refractivity contribution is 6.02. The summed E-state index contributed by atoms with van der Waals surface area (Å²) in [5.41, 5.74) is -0.568. The number of alkyl carbamates (subject to hydrolysis) is 1. The molecule has 8 heteroatoms. The van der Waals surface area contributed by atoms with Crippen molar-refractivity contribution in [3.8, 4) is 0 Å². The molecule has 1 heterocycles. The Kier molecular flexibility index (Phi) is 5.69. The van der Waals surface area contributed by atoms with Gasteiger partial charge in [0.05, 0.1) is 0 Å². The molecule has 0 spiro atoms. The molecule has 0 saturated carbocycles. The van der Waals surface area contributed by atoms with Crippen molar-refractivity contribution in [1.82, 2.24) is 15.5 Å². The number of imide groups is 1. The topological polar surface area (TPSA) is 105 Å². The molecule has 1 rings (SSSR count). The van der Waals surface area contributed by atoms with Crippen molar-refractivity contribution < 1.29 is 23.9 Å². The first-order valence-corrected chi connectivity index (χ1v) is 6.75. The normalized spacial score (nSPS) is 15.5. The van der Waals surface area contributed by atoms with Crippen LogP contribution in [-0.4, -0.2) is 54.0 Å². The number of carbonyl (C=O) groups is 4. The van der Waals surface area contributed by atoms with E-state index >= 15 is 0 Å². The molecule has 8 nitrogen and oxygen atoms in total. The summed E-state index contributed by atoms with van der Waals surface area (Å²) >= 11 is 0. The fourth-order valence-electron chi connectivity index (χ4n) is 1.72. The molecule has 0 aromatic carbocycles. The monoisotopic (exact) mass is 299 g/mol. The zero-order chi connectivity index (χ0) is 16.0. The minimum atomic E-state index is -0.568. The van der Waals surface area contributed by atoms with Gasteiger partial charge in [0.2, 0.25) is 17.7 Å². The van der Waals surface area contributed by atoms with Crippen molar-refractivity contribution in [3.63, 3.8) is 0 Å². The zero-order valence-corrected chi connectivity index (χ0v) is 12.5. The average molecular weight is 299 g/mol. The second kappa shape index (κ2) is 7.05. The molecule has 2 N–H and O–H groups in total. The van der Waals surface area contributed by atoms with Crippen LogP contribution in [0.4, 0.5) is 4.79 Å². The van der Waals surface area contributed by atoms with Crippen LogP contribution in [0.15, 0.2) is 0 Å². The van der Waals surface area contributed by atoms with Gasteiger partial charge < -0.3 is 15.0 Å². The van der Waals surface area contributed by atoms with Crippen LogP contribution in [0.2, 0.25) is 0 Å². The van der Waals surface area contributed by atoms with Crippen LogP contribution in [0.5, 0.6) is 0 Å². The number of nitrogens with zero attached hydrogens (tertiary/aromatic N) is 1. The lowest BCUT2D eigenvalue weighted by atomic mass is 10.2. The van der Waals surface area contributed by atoms with E-state index in [0.29, 0.717) is 6.42 Å². The summed E-state index contributed by atoms with van der Waals surface area (Å²) < 4.78 is 5.05. The highest BCUT2D eigenvalue weighted by Crippen LogP contribution is 2.06. The number of hydrogen-bond donors (Lipinski definition) is 2. The molecule has 0 unspecified atom stereocenters. The first-order chi connectivity index (χ1) is 9.67. The number of nitrogens with one attached hydrogen (secondary N) is 2. The fraction of sp³-hybridized carbons (Fsp3) is 0.692. The van der Waals surface area contributed by atoms with Crippen molar-refractivity contribution in [2.24, 2.45) is 0 Å². The third-order valence-corrected chi connectivity index (χ3v) is 2.54. The molecule has 4 amide bonds. The third-order valence-electron chi connectivity index (χ3n) is 2.54. The third kappa shape index (κ3) is 6.73. The second-order valence-corrected chi connectivity index (χ2v) is 5.75. The molecule has 1 aliphatic heterocycles. The standard InChI is InChI=1S/C13H21N3O5/c1-13(2,3)21-12(20)14-6-4-5-11(19)16-7-9(17)15-10(18)8-16/h4-8H2,1-3H3,(H,14,20)(H,15,17,18). The summed E-state index contributed by atoms with van der Waals surface area (Å²) in [5.74, 6) is -1.25. The first-order valence-electron chi connectivity index (χ1n) is 6.75. The van der Waals surface area contributed by atoms with E-state index in [-0.39, 0.29) is 32.0 Å². The van der Waals surface area contributed by atoms with Gasteiger partial charge in [-0.05, 0) is 27.2 Å². The fourth-order valence-corrected chi connectivity index (χ4v) is 1.72. The quantitative estimate of drug-likeness (QED) is 0.551. The predicted molar refractivity (Wildman–Crippen MR) is 73.2 cm³/mol. The Labute approximate surface area is 123 Å². The minimum Gasteiger partial charge on any atom is -0.444 e. The van der Waals surface area contributed by atoms with Gasteiger partial charge in [-0.25, -0.2) is 4.79 Å². The Morgan fingerprint density at radius 3 is 2.33 bits per heavy atom. The average Bonchev–Trinajstić information content (AvgIpc) is 2.31. The van der Waals surface area contributed by atoms with E-state index in [9.17, 15) is 19.2 Å². The molecule has 1 aliphatic rings. The number of hydrogen-bond acceptors (Lipinski definition) is 5. The Morgan fingerprint density at radius 2 is 1.81 bits per heavy atom. The SMILES string of the molecule is CC(C)(C)OC(=O)NCCCC(=O)N1CC(=O)NC(=O)C1. The van der Waals surface area contributed by atoms with Crippen molar-refractivity contribution in [3.05, 3.63) is 0 Å². The van der Waals surface area contributed by atoms with Gasteiger partial charge in [-0.2, -0.15) is 0 Å². The Bertz CT molecular complexity index is 426. The van der Waals surface area contributed by atoms with Crippen LogP contribution in [0.1, 0.15) is 33.6 Å². The predicted octanol–water partition coefficient (Wildman–Crippen LogP) is -0.224. The first kappa shape index (κ1) is 16.9. The van der Waals surface area contributed by atoms with E-state index in [1.54, 1.807) is 20.8 Å². The van der Waals surface area contributed by atoms with Crippen LogP contribution in [-0.2, 0) is 19.1 Å². The van der Waals surface area contributed by atoms with Crippen molar-refractivity contribution in [1.29, 1.82) is 0 Å². The van der Waals surface area contributed by atoms with Crippen LogP contribution in [0, 0.1) is 0 Å². The van der Waals surface area contributed by atoms with E-state index < -0.39 is 23.5 Å². The van der Waals surface area contributed by atoms with Crippen LogP contribution < -0.4 is 10.6 Å². The summed E-state index contributed by atoms with van der Waals surface area (Å²) in [4.78, 5) is 46.7. The Morgan fingerprint density at radius 1 is 1.24 bits per heavy atom. The van der Waals surface area contributed by atoms with Gasteiger partial charge in [0.25, 0.3) is 0 Å².